The smallest absolute Gasteiger partial charge is 0.344 e. The summed E-state index contributed by atoms with van der Waals surface area (Å²) >= 11 is 0. The Hall–Kier alpha value is -2.12. The van der Waals surface area contributed by atoms with Crippen LogP contribution in [0.1, 0.15) is 53.4 Å². The van der Waals surface area contributed by atoms with E-state index in [-0.39, 0.29) is 19.8 Å². The number of rotatable bonds is 10. The van der Waals surface area contributed by atoms with Gasteiger partial charge in [-0.05, 0) is 27.2 Å². The molecule has 1 rings (SSSR count). The fraction of sp³-hybridized carbons (Fsp3) is 0.778. The van der Waals surface area contributed by atoms with Crippen molar-refractivity contribution >= 4 is 23.8 Å². The summed E-state index contributed by atoms with van der Waals surface area (Å²) < 4.78 is 15.1. The van der Waals surface area contributed by atoms with Crippen LogP contribution in [0.25, 0.3) is 0 Å². The van der Waals surface area contributed by atoms with Gasteiger partial charge < -0.3 is 19.5 Å². The normalized spacial score (nSPS) is 21.0. The molecule has 1 aliphatic rings. The Labute approximate surface area is 153 Å². The molecule has 26 heavy (non-hydrogen) atoms. The van der Waals surface area contributed by atoms with Crippen LogP contribution >= 0.6 is 0 Å². The zero-order chi connectivity index (χ0) is 19.7. The third-order valence-electron chi connectivity index (χ3n) is 4.42. The van der Waals surface area contributed by atoms with Crippen LogP contribution in [0, 0.1) is 11.8 Å². The lowest BCUT2D eigenvalue weighted by molar-refractivity contribution is -0.169. The zero-order valence-corrected chi connectivity index (χ0v) is 16.0. The van der Waals surface area contributed by atoms with E-state index in [0.29, 0.717) is 12.8 Å². The Morgan fingerprint density at radius 2 is 1.46 bits per heavy atom. The van der Waals surface area contributed by atoms with E-state index in [0.717, 1.165) is 12.8 Å². The van der Waals surface area contributed by atoms with Crippen molar-refractivity contribution in [2.24, 2.45) is 11.8 Å². The molecule has 0 spiro atoms. The number of unbranched alkanes of at least 4 members (excludes halogenated alkanes) is 2. The molecule has 1 heterocycles. The highest BCUT2D eigenvalue weighted by Gasteiger charge is 2.66. The first-order chi connectivity index (χ1) is 12.4. The van der Waals surface area contributed by atoms with Crippen LogP contribution in [0.15, 0.2) is 0 Å². The maximum absolute atomic E-state index is 12.7. The van der Waals surface area contributed by atoms with Crippen LogP contribution in [-0.2, 0) is 33.4 Å². The van der Waals surface area contributed by atoms with Crippen molar-refractivity contribution in [1.82, 2.24) is 5.32 Å². The number of hydrogen-bond acceptors (Lipinski definition) is 7. The third kappa shape index (κ3) is 4.34. The van der Waals surface area contributed by atoms with Gasteiger partial charge in [-0.25, -0.2) is 9.59 Å². The molecule has 0 radical (unpaired) electrons. The predicted molar refractivity (Wildman–Crippen MR) is 91.9 cm³/mol. The van der Waals surface area contributed by atoms with Crippen LogP contribution in [-0.4, -0.2) is 49.2 Å². The molecule has 1 fully saturated rings. The Morgan fingerprint density at radius 1 is 0.923 bits per heavy atom. The standard InChI is InChI=1S/C18H29NO7/c1-5-9-10-11-12-13(15(21)24-6-2)14(20)19-18(12,16(22)25-7-3)17(23)26-8-4/h12-13H,5-11H2,1-4H3,(H,19,20)/t12-,13-/m1/s1. The number of carbonyl (C=O) groups excluding carboxylic acids is 4. The third-order valence-corrected chi connectivity index (χ3v) is 4.42. The van der Waals surface area contributed by atoms with Crippen LogP contribution in [0.2, 0.25) is 0 Å². The molecule has 8 nitrogen and oxygen atoms in total. The molecular formula is C18H29NO7. The summed E-state index contributed by atoms with van der Waals surface area (Å²) in [5.74, 6) is -5.44. The van der Waals surface area contributed by atoms with Crippen molar-refractivity contribution in [1.29, 1.82) is 0 Å². The molecule has 2 atom stereocenters. The maximum atomic E-state index is 12.7. The van der Waals surface area contributed by atoms with Crippen molar-refractivity contribution in [3.05, 3.63) is 0 Å². The van der Waals surface area contributed by atoms with Crippen molar-refractivity contribution < 1.29 is 33.4 Å². The van der Waals surface area contributed by atoms with E-state index >= 15 is 0 Å². The van der Waals surface area contributed by atoms with Gasteiger partial charge in [-0.15, -0.1) is 0 Å². The second kappa shape index (κ2) is 10.1. The Balaban J connectivity index is 3.36. The minimum atomic E-state index is -2.02. The number of nitrogens with one attached hydrogen (secondary N) is 1. The summed E-state index contributed by atoms with van der Waals surface area (Å²) in [6, 6.07) is 0. The van der Waals surface area contributed by atoms with E-state index in [2.05, 4.69) is 5.32 Å². The number of carbonyl (C=O) groups is 4. The van der Waals surface area contributed by atoms with E-state index in [1.807, 2.05) is 6.92 Å². The van der Waals surface area contributed by atoms with Gasteiger partial charge in [0.05, 0.1) is 19.8 Å². The quantitative estimate of drug-likeness (QED) is 0.267. The molecule has 1 saturated heterocycles. The van der Waals surface area contributed by atoms with Crippen LogP contribution in [0.4, 0.5) is 0 Å². The van der Waals surface area contributed by atoms with Crippen LogP contribution in [0.3, 0.4) is 0 Å². The molecule has 1 N–H and O–H groups in total. The monoisotopic (exact) mass is 371 g/mol. The lowest BCUT2D eigenvalue weighted by Gasteiger charge is -2.31. The second-order valence-electron chi connectivity index (χ2n) is 6.07. The molecule has 1 aliphatic heterocycles. The van der Waals surface area contributed by atoms with Crippen molar-refractivity contribution in [3.63, 3.8) is 0 Å². The maximum Gasteiger partial charge on any atom is 0.344 e. The minimum absolute atomic E-state index is 0.0294. The summed E-state index contributed by atoms with van der Waals surface area (Å²) in [5, 5.41) is 2.41. The van der Waals surface area contributed by atoms with Crippen LogP contribution < -0.4 is 5.32 Å². The molecule has 0 aromatic heterocycles. The lowest BCUT2D eigenvalue weighted by Crippen LogP contribution is -2.61. The van der Waals surface area contributed by atoms with E-state index in [1.165, 1.54) is 0 Å². The SMILES string of the molecule is CCCCC[C@@H]1[C@@H](C(=O)OCC)C(=O)NC1(C(=O)OCC)C(=O)OCC. The summed E-state index contributed by atoms with van der Waals surface area (Å²) in [6.45, 7) is 6.98. The Kier molecular flexibility index (Phi) is 8.54. The van der Waals surface area contributed by atoms with Gasteiger partial charge in [-0.2, -0.15) is 0 Å². The van der Waals surface area contributed by atoms with Crippen molar-refractivity contribution in [2.75, 3.05) is 19.8 Å². The van der Waals surface area contributed by atoms with Crippen LogP contribution in [0.5, 0.6) is 0 Å². The van der Waals surface area contributed by atoms with Crippen molar-refractivity contribution in [3.8, 4) is 0 Å². The first-order valence-corrected chi connectivity index (χ1v) is 9.23. The molecule has 1 amide bonds. The van der Waals surface area contributed by atoms with E-state index in [1.54, 1.807) is 20.8 Å². The molecule has 148 valence electrons. The van der Waals surface area contributed by atoms with E-state index < -0.39 is 41.2 Å². The topological polar surface area (TPSA) is 108 Å². The first-order valence-electron chi connectivity index (χ1n) is 9.23. The lowest BCUT2D eigenvalue weighted by atomic mass is 9.76. The van der Waals surface area contributed by atoms with Gasteiger partial charge in [0, 0.05) is 5.92 Å². The van der Waals surface area contributed by atoms with Gasteiger partial charge in [-0.3, -0.25) is 9.59 Å². The number of amides is 1. The van der Waals surface area contributed by atoms with Gasteiger partial charge in [0.15, 0.2) is 0 Å². The highest BCUT2D eigenvalue weighted by Crippen LogP contribution is 2.39. The molecule has 8 heteroatoms. The number of ether oxygens (including phenoxy) is 3. The first kappa shape index (κ1) is 21.9. The van der Waals surface area contributed by atoms with E-state index in [9.17, 15) is 19.2 Å². The fourth-order valence-electron chi connectivity index (χ4n) is 3.28. The zero-order valence-electron chi connectivity index (χ0n) is 16.0. The number of esters is 3. The summed E-state index contributed by atoms with van der Waals surface area (Å²) in [5.41, 5.74) is -2.02. The highest BCUT2D eigenvalue weighted by atomic mass is 16.6. The average molecular weight is 371 g/mol. The number of hydrogen-bond donors (Lipinski definition) is 1. The summed E-state index contributed by atoms with van der Waals surface area (Å²) in [7, 11) is 0. The molecule has 0 aliphatic carbocycles. The van der Waals surface area contributed by atoms with Gasteiger partial charge in [-0.1, -0.05) is 26.2 Å². The minimum Gasteiger partial charge on any atom is -0.465 e. The summed E-state index contributed by atoms with van der Waals surface area (Å²) in [4.78, 5) is 50.3. The van der Waals surface area contributed by atoms with E-state index in [4.69, 9.17) is 14.2 Å². The average Bonchev–Trinajstić information content (AvgIpc) is 2.89. The molecule has 0 aromatic rings. The fourth-order valence-corrected chi connectivity index (χ4v) is 3.28. The van der Waals surface area contributed by atoms with Gasteiger partial charge in [0.25, 0.3) is 0 Å². The molecule has 0 aromatic carbocycles. The second-order valence-corrected chi connectivity index (χ2v) is 6.07. The van der Waals surface area contributed by atoms with Gasteiger partial charge >= 0.3 is 17.9 Å². The molecule has 0 bridgehead atoms. The van der Waals surface area contributed by atoms with Gasteiger partial charge in [0.2, 0.25) is 11.4 Å². The van der Waals surface area contributed by atoms with Crippen molar-refractivity contribution in [2.45, 2.75) is 58.9 Å². The summed E-state index contributed by atoms with van der Waals surface area (Å²) in [6.07, 6.45) is 2.70. The predicted octanol–water partition coefficient (Wildman–Crippen LogP) is 1.36. The Bertz CT molecular complexity index is 514. The molecule has 0 unspecified atom stereocenters. The Morgan fingerprint density at radius 3 is 1.92 bits per heavy atom. The largest absolute Gasteiger partial charge is 0.465 e. The highest BCUT2D eigenvalue weighted by molar-refractivity contribution is 6.14. The van der Waals surface area contributed by atoms with Gasteiger partial charge in [0.1, 0.15) is 5.92 Å². The molecule has 0 saturated carbocycles. The molecular weight excluding hydrogens is 342 g/mol.